The van der Waals surface area contributed by atoms with Crippen LogP contribution in [0.25, 0.3) is 0 Å². The second kappa shape index (κ2) is 9.14. The Morgan fingerprint density at radius 2 is 2.17 bits per heavy atom. The lowest BCUT2D eigenvalue weighted by molar-refractivity contribution is 0.0693. The third kappa shape index (κ3) is 5.18. The molecule has 11 heteroatoms. The smallest absolute Gasteiger partial charge is 0.344 e. The van der Waals surface area contributed by atoms with Gasteiger partial charge in [0.25, 0.3) is 0 Å². The Balaban J connectivity index is 1.66. The molecule has 0 aliphatic carbocycles. The predicted octanol–water partition coefficient (Wildman–Crippen LogP) is 3.31. The molecule has 2 amide bonds. The van der Waals surface area contributed by atoms with Gasteiger partial charge in [0.05, 0.1) is 6.10 Å². The van der Waals surface area contributed by atoms with Gasteiger partial charge in [-0.3, -0.25) is 5.32 Å². The van der Waals surface area contributed by atoms with Gasteiger partial charge >= 0.3 is 12.0 Å². The van der Waals surface area contributed by atoms with Gasteiger partial charge in [0.2, 0.25) is 5.88 Å². The minimum absolute atomic E-state index is 0.0344. The molecule has 8 nitrogen and oxygen atoms in total. The third-order valence-electron chi connectivity index (χ3n) is 4.31. The van der Waals surface area contributed by atoms with Crippen molar-refractivity contribution in [1.29, 1.82) is 0 Å². The summed E-state index contributed by atoms with van der Waals surface area (Å²) < 4.78 is 42.1. The number of ether oxygens (including phenoxy) is 2. The molecule has 1 unspecified atom stereocenters. The molecule has 1 aliphatic rings. The number of aromatic carboxylic acids is 1. The van der Waals surface area contributed by atoms with Crippen molar-refractivity contribution in [2.75, 3.05) is 18.5 Å². The Morgan fingerprint density at radius 1 is 1.38 bits per heavy atom. The number of carboxylic acids is 1. The molecule has 0 spiro atoms. The fourth-order valence-electron chi connectivity index (χ4n) is 2.75. The molecule has 0 bridgehead atoms. The van der Waals surface area contributed by atoms with Crippen LogP contribution < -0.4 is 15.4 Å². The molecule has 2 heterocycles. The van der Waals surface area contributed by atoms with Crippen LogP contribution in [0.1, 0.15) is 34.3 Å². The number of urea groups is 1. The zero-order valence-corrected chi connectivity index (χ0v) is 16.3. The number of amides is 2. The monoisotopic (exact) mass is 427 g/mol. The van der Waals surface area contributed by atoms with Crippen LogP contribution in [-0.4, -0.2) is 40.7 Å². The minimum atomic E-state index is -1.38. The summed E-state index contributed by atoms with van der Waals surface area (Å²) in [7, 11) is 0. The maximum Gasteiger partial charge on any atom is 0.344 e. The second-order valence-corrected chi connectivity index (χ2v) is 7.22. The van der Waals surface area contributed by atoms with Gasteiger partial charge < -0.3 is 19.9 Å². The first-order chi connectivity index (χ1) is 13.8. The first-order valence-corrected chi connectivity index (χ1v) is 9.59. The fourth-order valence-corrected chi connectivity index (χ4v) is 3.47. The first-order valence-electron chi connectivity index (χ1n) is 8.82. The number of halogens is 2. The molecule has 3 N–H and O–H groups in total. The standard InChI is InChI=1S/C18H19F2N3O5S/c1-9-5-13(20)10(6-12(9)19)8-28-15-14(17(24)25)16(29-23-15)22-18(26)21-7-11-3-2-4-27-11/h5-6,11H,2-4,7-8H2,1H3,(H,24,25)(H2,21,22,26). The summed E-state index contributed by atoms with van der Waals surface area (Å²) in [4.78, 5) is 23.6. The molecule has 0 radical (unpaired) electrons. The van der Waals surface area contributed by atoms with Crippen LogP contribution in [-0.2, 0) is 11.3 Å². The van der Waals surface area contributed by atoms with E-state index in [0.717, 1.165) is 25.0 Å². The lowest BCUT2D eigenvalue weighted by Crippen LogP contribution is -2.35. The van der Waals surface area contributed by atoms with Crippen molar-refractivity contribution in [3.05, 3.63) is 40.5 Å². The largest absolute Gasteiger partial charge is 0.477 e. The number of carbonyl (C=O) groups excluding carboxylic acids is 1. The van der Waals surface area contributed by atoms with E-state index in [-0.39, 0.29) is 33.7 Å². The lowest BCUT2D eigenvalue weighted by Gasteiger charge is -2.11. The Morgan fingerprint density at radius 3 is 2.86 bits per heavy atom. The summed E-state index contributed by atoms with van der Waals surface area (Å²) in [5, 5.41) is 14.4. The van der Waals surface area contributed by atoms with Crippen LogP contribution in [0.4, 0.5) is 18.6 Å². The highest BCUT2D eigenvalue weighted by atomic mass is 32.1. The molecule has 1 atom stereocenters. The summed E-state index contributed by atoms with van der Waals surface area (Å²) in [5.74, 6) is -2.95. The van der Waals surface area contributed by atoms with E-state index in [4.69, 9.17) is 9.47 Å². The Kier molecular flexibility index (Phi) is 6.60. The number of benzene rings is 1. The average molecular weight is 427 g/mol. The molecule has 29 heavy (non-hydrogen) atoms. The molecule has 2 aromatic rings. The highest BCUT2D eigenvalue weighted by Crippen LogP contribution is 2.31. The molecular formula is C18H19F2N3O5S. The first kappa shape index (κ1) is 20.9. The number of nitrogens with one attached hydrogen (secondary N) is 2. The van der Waals surface area contributed by atoms with E-state index in [1.54, 1.807) is 0 Å². The van der Waals surface area contributed by atoms with Crippen LogP contribution in [0.3, 0.4) is 0 Å². The Bertz CT molecular complexity index is 915. The number of carbonyl (C=O) groups is 2. The molecule has 1 aromatic heterocycles. The van der Waals surface area contributed by atoms with Gasteiger partial charge in [0.15, 0.2) is 5.56 Å². The molecule has 0 saturated carbocycles. The maximum atomic E-state index is 13.9. The van der Waals surface area contributed by atoms with Gasteiger partial charge in [-0.1, -0.05) is 0 Å². The molecule has 1 saturated heterocycles. The summed E-state index contributed by atoms with van der Waals surface area (Å²) >= 11 is 0.709. The summed E-state index contributed by atoms with van der Waals surface area (Å²) in [6.07, 6.45) is 1.71. The van der Waals surface area contributed by atoms with Crippen molar-refractivity contribution >= 4 is 28.5 Å². The highest BCUT2D eigenvalue weighted by Gasteiger charge is 2.24. The van der Waals surface area contributed by atoms with Gasteiger partial charge in [0.1, 0.15) is 23.2 Å². The van der Waals surface area contributed by atoms with Crippen LogP contribution in [0.15, 0.2) is 12.1 Å². The second-order valence-electron chi connectivity index (χ2n) is 6.45. The van der Waals surface area contributed by atoms with Gasteiger partial charge in [-0.2, -0.15) is 4.37 Å². The molecular weight excluding hydrogens is 408 g/mol. The number of hydrogen-bond acceptors (Lipinski definition) is 6. The molecule has 1 aromatic carbocycles. The fraction of sp³-hybridized carbons (Fsp3) is 0.389. The summed E-state index contributed by atoms with van der Waals surface area (Å²) in [6.45, 7) is 1.96. The quantitative estimate of drug-likeness (QED) is 0.626. The Hall–Kier alpha value is -2.79. The molecule has 1 aliphatic heterocycles. The van der Waals surface area contributed by atoms with E-state index in [0.29, 0.717) is 24.7 Å². The number of nitrogens with zero attached hydrogens (tertiary/aromatic N) is 1. The van der Waals surface area contributed by atoms with Crippen molar-refractivity contribution in [1.82, 2.24) is 9.69 Å². The molecule has 1 fully saturated rings. The molecule has 156 valence electrons. The third-order valence-corrected chi connectivity index (χ3v) is 5.05. The van der Waals surface area contributed by atoms with Crippen molar-refractivity contribution in [2.45, 2.75) is 32.5 Å². The van der Waals surface area contributed by atoms with E-state index in [1.807, 2.05) is 0 Å². The van der Waals surface area contributed by atoms with E-state index >= 15 is 0 Å². The zero-order chi connectivity index (χ0) is 21.0. The topological polar surface area (TPSA) is 110 Å². The van der Waals surface area contributed by atoms with Crippen LogP contribution in [0, 0.1) is 18.6 Å². The van der Waals surface area contributed by atoms with Crippen LogP contribution >= 0.6 is 11.5 Å². The van der Waals surface area contributed by atoms with Gasteiger partial charge in [0, 0.05) is 18.7 Å². The number of aromatic nitrogens is 1. The van der Waals surface area contributed by atoms with E-state index in [1.165, 1.54) is 6.92 Å². The number of rotatable bonds is 7. The maximum absolute atomic E-state index is 13.9. The number of hydrogen-bond donors (Lipinski definition) is 3. The van der Waals surface area contributed by atoms with Crippen molar-refractivity contribution in [2.24, 2.45) is 0 Å². The van der Waals surface area contributed by atoms with Crippen LogP contribution in [0.2, 0.25) is 0 Å². The Labute approximate surface area is 169 Å². The number of aryl methyl sites for hydroxylation is 1. The van der Waals surface area contributed by atoms with Crippen molar-refractivity contribution in [3.8, 4) is 5.88 Å². The summed E-state index contributed by atoms with van der Waals surface area (Å²) in [5.41, 5.74) is -0.303. The zero-order valence-electron chi connectivity index (χ0n) is 15.5. The van der Waals surface area contributed by atoms with E-state index < -0.39 is 30.2 Å². The normalized spacial score (nSPS) is 15.9. The lowest BCUT2D eigenvalue weighted by atomic mass is 10.1. The van der Waals surface area contributed by atoms with Crippen molar-refractivity contribution < 1.29 is 33.0 Å². The van der Waals surface area contributed by atoms with E-state index in [9.17, 15) is 23.5 Å². The summed E-state index contributed by atoms with van der Waals surface area (Å²) in [6, 6.07) is 1.40. The number of carboxylic acid groups (broad SMARTS) is 1. The van der Waals surface area contributed by atoms with E-state index in [2.05, 4.69) is 15.0 Å². The van der Waals surface area contributed by atoms with Gasteiger partial charge in [-0.15, -0.1) is 0 Å². The number of anilines is 1. The predicted molar refractivity (Wildman–Crippen MR) is 100 cm³/mol. The molecule has 3 rings (SSSR count). The average Bonchev–Trinajstić information content (AvgIpc) is 3.31. The SMILES string of the molecule is Cc1cc(F)c(COc2nsc(NC(=O)NCC3CCCO3)c2C(=O)O)cc1F. The van der Waals surface area contributed by atoms with Gasteiger partial charge in [-0.05, 0) is 49.0 Å². The van der Waals surface area contributed by atoms with Gasteiger partial charge in [-0.25, -0.2) is 18.4 Å². The van der Waals surface area contributed by atoms with Crippen LogP contribution in [0.5, 0.6) is 5.88 Å². The highest BCUT2D eigenvalue weighted by molar-refractivity contribution is 7.11. The van der Waals surface area contributed by atoms with Crippen molar-refractivity contribution in [3.63, 3.8) is 0 Å². The minimum Gasteiger partial charge on any atom is -0.477 e.